The molecule has 0 aliphatic heterocycles. The van der Waals surface area contributed by atoms with E-state index in [-0.39, 0.29) is 11.3 Å². The topological polar surface area (TPSA) is 43.1 Å². The number of hydrogen-bond donors (Lipinski definition) is 1. The van der Waals surface area contributed by atoms with Gasteiger partial charge in [0.05, 0.1) is 5.41 Å². The summed E-state index contributed by atoms with van der Waals surface area (Å²) < 4.78 is 0. The summed E-state index contributed by atoms with van der Waals surface area (Å²) in [7, 11) is 0. The van der Waals surface area contributed by atoms with Crippen LogP contribution in [0.2, 0.25) is 0 Å². The first-order valence-electron chi connectivity index (χ1n) is 6.15. The van der Waals surface area contributed by atoms with Gasteiger partial charge >= 0.3 is 0 Å². The first kappa shape index (κ1) is 9.68. The summed E-state index contributed by atoms with van der Waals surface area (Å²) in [6, 6.07) is 0. The predicted molar refractivity (Wildman–Crippen MR) is 59.0 cm³/mol. The standard InChI is InChI=1S/C13H21NO/c1-11-3-9-4-12(2,6-11)8-13(5-9,7-11)10(14)15/h9H,3-8H2,1-2H3,(H2,14,15). The van der Waals surface area contributed by atoms with Crippen LogP contribution in [0.1, 0.15) is 52.4 Å². The van der Waals surface area contributed by atoms with Crippen molar-refractivity contribution < 1.29 is 4.79 Å². The van der Waals surface area contributed by atoms with Crippen molar-refractivity contribution in [2.45, 2.75) is 52.4 Å². The van der Waals surface area contributed by atoms with Gasteiger partial charge in [0.2, 0.25) is 5.91 Å². The number of carbonyl (C=O) groups excluding carboxylic acids is 1. The van der Waals surface area contributed by atoms with E-state index in [4.69, 9.17) is 5.73 Å². The van der Waals surface area contributed by atoms with Crippen LogP contribution < -0.4 is 5.73 Å². The maximum atomic E-state index is 11.8. The molecule has 0 radical (unpaired) electrons. The number of primary amides is 1. The van der Waals surface area contributed by atoms with Crippen molar-refractivity contribution in [3.8, 4) is 0 Å². The molecule has 4 aliphatic rings. The normalized spacial score (nSPS) is 57.1. The Morgan fingerprint density at radius 3 is 2.00 bits per heavy atom. The lowest BCUT2D eigenvalue weighted by Gasteiger charge is -2.64. The molecule has 0 spiro atoms. The molecule has 2 N–H and O–H groups in total. The quantitative estimate of drug-likeness (QED) is 0.705. The van der Waals surface area contributed by atoms with E-state index in [2.05, 4.69) is 13.8 Å². The highest BCUT2D eigenvalue weighted by atomic mass is 16.1. The van der Waals surface area contributed by atoms with Crippen molar-refractivity contribution in [3.63, 3.8) is 0 Å². The minimum Gasteiger partial charge on any atom is -0.369 e. The van der Waals surface area contributed by atoms with Crippen molar-refractivity contribution in [2.75, 3.05) is 0 Å². The van der Waals surface area contributed by atoms with E-state index in [0.717, 1.165) is 25.2 Å². The van der Waals surface area contributed by atoms with E-state index in [1.54, 1.807) is 0 Å². The molecule has 4 aliphatic carbocycles. The van der Waals surface area contributed by atoms with Gasteiger partial charge in [0.1, 0.15) is 0 Å². The van der Waals surface area contributed by atoms with E-state index < -0.39 is 0 Å². The summed E-state index contributed by atoms with van der Waals surface area (Å²) >= 11 is 0. The molecule has 4 fully saturated rings. The number of hydrogen-bond acceptors (Lipinski definition) is 1. The van der Waals surface area contributed by atoms with Crippen LogP contribution >= 0.6 is 0 Å². The summed E-state index contributed by atoms with van der Waals surface area (Å²) in [5, 5.41) is 0. The van der Waals surface area contributed by atoms with Crippen molar-refractivity contribution in [2.24, 2.45) is 27.9 Å². The Labute approximate surface area is 91.6 Å². The molecule has 2 heteroatoms. The van der Waals surface area contributed by atoms with Gasteiger partial charge < -0.3 is 5.73 Å². The number of amides is 1. The highest BCUT2D eigenvalue weighted by Gasteiger charge is 2.62. The van der Waals surface area contributed by atoms with E-state index >= 15 is 0 Å². The van der Waals surface area contributed by atoms with E-state index in [0.29, 0.717) is 10.8 Å². The maximum absolute atomic E-state index is 11.8. The molecule has 4 bridgehead atoms. The molecule has 0 aromatic carbocycles. The molecule has 2 unspecified atom stereocenters. The third kappa shape index (κ3) is 1.20. The third-order valence-electron chi connectivity index (χ3n) is 5.15. The van der Waals surface area contributed by atoms with Gasteiger partial charge in [-0.2, -0.15) is 0 Å². The van der Waals surface area contributed by atoms with E-state index in [9.17, 15) is 4.79 Å². The zero-order valence-electron chi connectivity index (χ0n) is 9.81. The predicted octanol–water partition coefficient (Wildman–Crippen LogP) is 2.47. The monoisotopic (exact) mass is 207 g/mol. The maximum Gasteiger partial charge on any atom is 0.223 e. The second kappa shape index (κ2) is 2.41. The fourth-order valence-electron chi connectivity index (χ4n) is 5.72. The minimum absolute atomic E-state index is 0.0240. The van der Waals surface area contributed by atoms with Crippen LogP contribution in [0, 0.1) is 22.2 Å². The largest absolute Gasteiger partial charge is 0.369 e. The Morgan fingerprint density at radius 1 is 1.07 bits per heavy atom. The fraction of sp³-hybridized carbons (Fsp3) is 0.923. The van der Waals surface area contributed by atoms with Gasteiger partial charge in [0.25, 0.3) is 0 Å². The molecule has 84 valence electrons. The molecule has 4 rings (SSSR count). The lowest BCUT2D eigenvalue weighted by Crippen LogP contribution is -2.59. The highest BCUT2D eigenvalue weighted by molar-refractivity contribution is 5.81. The average Bonchev–Trinajstić information content (AvgIpc) is 1.95. The van der Waals surface area contributed by atoms with Crippen LogP contribution in [-0.2, 0) is 4.79 Å². The molecular formula is C13H21NO. The van der Waals surface area contributed by atoms with Gasteiger partial charge in [0.15, 0.2) is 0 Å². The summed E-state index contributed by atoms with van der Waals surface area (Å²) in [4.78, 5) is 11.8. The van der Waals surface area contributed by atoms with Crippen molar-refractivity contribution in [1.82, 2.24) is 0 Å². The van der Waals surface area contributed by atoms with Crippen molar-refractivity contribution in [3.05, 3.63) is 0 Å². The summed E-state index contributed by atoms with van der Waals surface area (Å²) in [5.41, 5.74) is 6.35. The summed E-state index contributed by atoms with van der Waals surface area (Å²) in [6.07, 6.45) is 7.16. The minimum atomic E-state index is -0.136. The van der Waals surface area contributed by atoms with E-state index in [1.165, 1.54) is 19.3 Å². The van der Waals surface area contributed by atoms with Gasteiger partial charge in [-0.1, -0.05) is 13.8 Å². The summed E-state index contributed by atoms with van der Waals surface area (Å²) in [6.45, 7) is 4.74. The smallest absolute Gasteiger partial charge is 0.223 e. The Bertz CT molecular complexity index is 317. The lowest BCUT2D eigenvalue weighted by molar-refractivity contribution is -0.167. The zero-order chi connectivity index (χ0) is 10.9. The number of rotatable bonds is 1. The first-order chi connectivity index (χ1) is 6.85. The molecule has 2 nitrogen and oxygen atoms in total. The molecule has 0 heterocycles. The number of nitrogens with two attached hydrogens (primary N) is 1. The Hall–Kier alpha value is -0.530. The fourth-order valence-corrected chi connectivity index (χ4v) is 5.72. The number of carbonyl (C=O) groups is 1. The lowest BCUT2D eigenvalue weighted by atomic mass is 9.40. The molecule has 0 saturated heterocycles. The van der Waals surface area contributed by atoms with Crippen LogP contribution in [0.3, 0.4) is 0 Å². The van der Waals surface area contributed by atoms with Crippen molar-refractivity contribution >= 4 is 5.91 Å². The second-order valence-corrected chi connectivity index (χ2v) is 7.27. The van der Waals surface area contributed by atoms with Gasteiger partial charge in [-0.25, -0.2) is 0 Å². The molecule has 4 saturated carbocycles. The average molecular weight is 207 g/mol. The molecule has 15 heavy (non-hydrogen) atoms. The van der Waals surface area contributed by atoms with Gasteiger partial charge in [-0.15, -0.1) is 0 Å². The van der Waals surface area contributed by atoms with E-state index in [1.807, 2.05) is 0 Å². The third-order valence-corrected chi connectivity index (χ3v) is 5.15. The molecule has 1 amide bonds. The first-order valence-corrected chi connectivity index (χ1v) is 6.15. The Morgan fingerprint density at radius 2 is 1.60 bits per heavy atom. The molecule has 0 aromatic rings. The molecule has 0 aromatic heterocycles. The Balaban J connectivity index is 2.05. The van der Waals surface area contributed by atoms with Crippen LogP contribution in [0.25, 0.3) is 0 Å². The van der Waals surface area contributed by atoms with Gasteiger partial charge in [-0.05, 0) is 55.3 Å². The summed E-state index contributed by atoms with van der Waals surface area (Å²) in [5.74, 6) is 0.743. The second-order valence-electron chi connectivity index (χ2n) is 7.27. The highest BCUT2D eigenvalue weighted by Crippen LogP contribution is 2.69. The molecule has 2 atom stereocenters. The van der Waals surface area contributed by atoms with Crippen LogP contribution in [0.15, 0.2) is 0 Å². The van der Waals surface area contributed by atoms with Crippen LogP contribution in [0.5, 0.6) is 0 Å². The van der Waals surface area contributed by atoms with Gasteiger partial charge in [0, 0.05) is 0 Å². The van der Waals surface area contributed by atoms with Crippen LogP contribution in [0.4, 0.5) is 0 Å². The molecular weight excluding hydrogens is 186 g/mol. The van der Waals surface area contributed by atoms with Crippen molar-refractivity contribution in [1.29, 1.82) is 0 Å². The van der Waals surface area contributed by atoms with Gasteiger partial charge in [-0.3, -0.25) is 4.79 Å². The SMILES string of the molecule is CC12CC3CC(C)(C1)CC(C(N)=O)(C3)C2. The zero-order valence-corrected chi connectivity index (χ0v) is 9.81. The Kier molecular flexibility index (Phi) is 1.56. The van der Waals surface area contributed by atoms with Crippen LogP contribution in [-0.4, -0.2) is 5.91 Å².